The summed E-state index contributed by atoms with van der Waals surface area (Å²) < 4.78 is 11.0. The Morgan fingerprint density at radius 3 is 3.05 bits per heavy atom. The van der Waals surface area contributed by atoms with Gasteiger partial charge in [-0.05, 0) is 13.0 Å². The summed E-state index contributed by atoms with van der Waals surface area (Å²) in [4.78, 5) is 13.8. The van der Waals surface area contributed by atoms with E-state index in [0.717, 1.165) is 5.56 Å². The van der Waals surface area contributed by atoms with Gasteiger partial charge in [-0.25, -0.2) is 0 Å². The molecule has 1 aromatic carbocycles. The molecule has 2 N–H and O–H groups in total. The molecule has 1 fully saturated rings. The van der Waals surface area contributed by atoms with Gasteiger partial charge in [0.05, 0.1) is 12.7 Å². The minimum Gasteiger partial charge on any atom is -0.483 e. The van der Waals surface area contributed by atoms with Crippen molar-refractivity contribution in [2.45, 2.75) is 19.6 Å². The van der Waals surface area contributed by atoms with Crippen molar-refractivity contribution in [3.8, 4) is 5.75 Å². The third-order valence-electron chi connectivity index (χ3n) is 3.14. The molecule has 19 heavy (non-hydrogen) atoms. The molecule has 0 aromatic heterocycles. The number of para-hydroxylation sites is 1. The molecular weight excluding hydrogens is 244 g/mol. The molecule has 0 bridgehead atoms. The van der Waals surface area contributed by atoms with Crippen LogP contribution in [-0.4, -0.2) is 43.2 Å². The second-order valence-corrected chi connectivity index (χ2v) is 4.62. The summed E-state index contributed by atoms with van der Waals surface area (Å²) in [6.07, 6.45) is 0.0917. The predicted molar refractivity (Wildman–Crippen MR) is 71.8 cm³/mol. The normalized spacial score (nSPS) is 19.3. The lowest BCUT2D eigenvalue weighted by Crippen LogP contribution is -2.46. The van der Waals surface area contributed by atoms with Gasteiger partial charge in [-0.3, -0.25) is 4.79 Å². The molecular formula is C14H20N2O3. The zero-order chi connectivity index (χ0) is 13.7. The summed E-state index contributed by atoms with van der Waals surface area (Å²) in [5.41, 5.74) is 6.53. The fourth-order valence-corrected chi connectivity index (χ4v) is 2.09. The average molecular weight is 264 g/mol. The number of hydrogen-bond donors (Lipinski definition) is 1. The van der Waals surface area contributed by atoms with Crippen LogP contribution in [0.25, 0.3) is 0 Å². The monoisotopic (exact) mass is 264 g/mol. The molecule has 5 nitrogen and oxygen atoms in total. The minimum atomic E-state index is -0.0121. The van der Waals surface area contributed by atoms with Crippen LogP contribution in [0.1, 0.15) is 12.5 Å². The molecule has 2 rings (SSSR count). The molecule has 5 heteroatoms. The van der Waals surface area contributed by atoms with Gasteiger partial charge in [0.15, 0.2) is 6.61 Å². The van der Waals surface area contributed by atoms with E-state index in [0.29, 0.717) is 32.0 Å². The van der Waals surface area contributed by atoms with Crippen LogP contribution >= 0.6 is 0 Å². The summed E-state index contributed by atoms with van der Waals surface area (Å²) in [6, 6.07) is 7.50. The lowest BCUT2D eigenvalue weighted by molar-refractivity contribution is -0.140. The molecule has 0 spiro atoms. The van der Waals surface area contributed by atoms with E-state index in [4.69, 9.17) is 15.2 Å². The van der Waals surface area contributed by atoms with E-state index in [1.165, 1.54) is 0 Å². The Balaban J connectivity index is 1.89. The fourth-order valence-electron chi connectivity index (χ4n) is 2.09. The average Bonchev–Trinajstić information content (AvgIpc) is 2.45. The van der Waals surface area contributed by atoms with Crippen molar-refractivity contribution >= 4 is 5.91 Å². The smallest absolute Gasteiger partial charge is 0.260 e. The van der Waals surface area contributed by atoms with Crippen molar-refractivity contribution in [2.75, 3.05) is 26.3 Å². The lowest BCUT2D eigenvalue weighted by Gasteiger charge is -2.31. The molecule has 1 amide bonds. The number of benzene rings is 1. The molecule has 0 radical (unpaired) electrons. The number of nitrogens with two attached hydrogens (primary N) is 1. The van der Waals surface area contributed by atoms with E-state index in [2.05, 4.69) is 0 Å². The Morgan fingerprint density at radius 1 is 1.53 bits per heavy atom. The van der Waals surface area contributed by atoms with Gasteiger partial charge in [-0.15, -0.1) is 0 Å². The van der Waals surface area contributed by atoms with Crippen molar-refractivity contribution in [1.29, 1.82) is 0 Å². The van der Waals surface area contributed by atoms with Crippen LogP contribution in [0.5, 0.6) is 5.75 Å². The molecule has 0 aliphatic carbocycles. The topological polar surface area (TPSA) is 64.8 Å². The largest absolute Gasteiger partial charge is 0.483 e. The SMILES string of the molecule is CC1CN(C(=O)COc2ccccc2CN)CCO1. The number of nitrogens with zero attached hydrogens (tertiary/aromatic N) is 1. The summed E-state index contributed by atoms with van der Waals surface area (Å²) in [6.45, 7) is 4.25. The molecule has 104 valence electrons. The van der Waals surface area contributed by atoms with Crippen LogP contribution in [0.15, 0.2) is 24.3 Å². The van der Waals surface area contributed by atoms with Crippen molar-refractivity contribution < 1.29 is 14.3 Å². The predicted octanol–water partition coefficient (Wildman–Crippen LogP) is 0.771. The molecule has 1 aromatic rings. The summed E-state index contributed by atoms with van der Waals surface area (Å²) in [7, 11) is 0. The summed E-state index contributed by atoms with van der Waals surface area (Å²) in [5.74, 6) is 0.668. The van der Waals surface area contributed by atoms with Gasteiger partial charge in [0, 0.05) is 25.2 Å². The van der Waals surface area contributed by atoms with Gasteiger partial charge in [0.1, 0.15) is 5.75 Å². The first-order valence-corrected chi connectivity index (χ1v) is 6.51. The standard InChI is InChI=1S/C14H20N2O3/c1-11-9-16(6-7-18-11)14(17)10-19-13-5-3-2-4-12(13)8-15/h2-5,11H,6-10,15H2,1H3. The van der Waals surface area contributed by atoms with Crippen molar-refractivity contribution in [1.82, 2.24) is 4.90 Å². The highest BCUT2D eigenvalue weighted by atomic mass is 16.5. The maximum atomic E-state index is 12.0. The molecule has 0 saturated carbocycles. The number of morpholine rings is 1. The number of carbonyl (C=O) groups excluding carboxylic acids is 1. The van der Waals surface area contributed by atoms with Gasteiger partial charge in [0.25, 0.3) is 5.91 Å². The van der Waals surface area contributed by atoms with Gasteiger partial charge in [-0.2, -0.15) is 0 Å². The second-order valence-electron chi connectivity index (χ2n) is 4.62. The first-order chi connectivity index (χ1) is 9.20. The van der Waals surface area contributed by atoms with Crippen LogP contribution in [0.2, 0.25) is 0 Å². The number of ether oxygens (including phenoxy) is 2. The van der Waals surface area contributed by atoms with E-state index < -0.39 is 0 Å². The highest BCUT2D eigenvalue weighted by Gasteiger charge is 2.21. The quantitative estimate of drug-likeness (QED) is 0.872. The van der Waals surface area contributed by atoms with Gasteiger partial charge < -0.3 is 20.1 Å². The van der Waals surface area contributed by atoms with Gasteiger partial charge in [0.2, 0.25) is 0 Å². The van der Waals surface area contributed by atoms with E-state index in [-0.39, 0.29) is 18.6 Å². The molecule has 1 aliphatic rings. The third-order valence-corrected chi connectivity index (χ3v) is 3.14. The van der Waals surface area contributed by atoms with E-state index in [1.54, 1.807) is 4.90 Å². The fraction of sp³-hybridized carbons (Fsp3) is 0.500. The first kappa shape index (κ1) is 13.8. The summed E-state index contributed by atoms with van der Waals surface area (Å²) in [5, 5.41) is 0. The number of rotatable bonds is 4. The van der Waals surface area contributed by atoms with E-state index in [1.807, 2.05) is 31.2 Å². The maximum Gasteiger partial charge on any atom is 0.260 e. The van der Waals surface area contributed by atoms with Crippen LogP contribution in [0.4, 0.5) is 0 Å². The van der Waals surface area contributed by atoms with Gasteiger partial charge >= 0.3 is 0 Å². The van der Waals surface area contributed by atoms with E-state index in [9.17, 15) is 4.79 Å². The number of hydrogen-bond acceptors (Lipinski definition) is 4. The zero-order valence-electron chi connectivity index (χ0n) is 11.2. The summed E-state index contributed by atoms with van der Waals surface area (Å²) >= 11 is 0. The van der Waals surface area contributed by atoms with Gasteiger partial charge in [-0.1, -0.05) is 18.2 Å². The highest BCUT2D eigenvalue weighted by molar-refractivity contribution is 5.78. The molecule has 1 saturated heterocycles. The Morgan fingerprint density at radius 2 is 2.32 bits per heavy atom. The van der Waals surface area contributed by atoms with Crippen LogP contribution in [-0.2, 0) is 16.1 Å². The Kier molecular flexibility index (Phi) is 4.76. The number of amides is 1. The second kappa shape index (κ2) is 6.54. The van der Waals surface area contributed by atoms with Crippen molar-refractivity contribution in [3.63, 3.8) is 0 Å². The molecule has 1 atom stereocenters. The van der Waals surface area contributed by atoms with E-state index >= 15 is 0 Å². The van der Waals surface area contributed by atoms with Crippen molar-refractivity contribution in [3.05, 3.63) is 29.8 Å². The Hall–Kier alpha value is -1.59. The van der Waals surface area contributed by atoms with Crippen LogP contribution in [0.3, 0.4) is 0 Å². The molecule has 1 unspecified atom stereocenters. The molecule has 1 aliphatic heterocycles. The third kappa shape index (κ3) is 3.68. The lowest BCUT2D eigenvalue weighted by atomic mass is 10.2. The van der Waals surface area contributed by atoms with Crippen LogP contribution in [0, 0.1) is 0 Å². The molecule has 1 heterocycles. The number of carbonyl (C=O) groups is 1. The van der Waals surface area contributed by atoms with Crippen molar-refractivity contribution in [2.24, 2.45) is 5.73 Å². The highest BCUT2D eigenvalue weighted by Crippen LogP contribution is 2.17. The van der Waals surface area contributed by atoms with Crippen LogP contribution < -0.4 is 10.5 Å². The minimum absolute atomic E-state index is 0.0121. The Labute approximate surface area is 113 Å². The maximum absolute atomic E-state index is 12.0. The Bertz CT molecular complexity index is 436. The first-order valence-electron chi connectivity index (χ1n) is 6.51. The zero-order valence-corrected chi connectivity index (χ0v) is 11.2.